The summed E-state index contributed by atoms with van der Waals surface area (Å²) in [5.74, 6) is 0. The second-order valence-corrected chi connectivity index (χ2v) is 4.11. The van der Waals surface area contributed by atoms with Gasteiger partial charge in [0, 0.05) is 5.41 Å². The smallest absolute Gasteiger partial charge is 0.310 e. The van der Waals surface area contributed by atoms with Gasteiger partial charge in [-0.2, -0.15) is 0 Å². The third-order valence-electron chi connectivity index (χ3n) is 2.49. The van der Waals surface area contributed by atoms with E-state index >= 15 is 0 Å². The lowest BCUT2D eigenvalue weighted by molar-refractivity contribution is 0.0220. The zero-order valence-corrected chi connectivity index (χ0v) is 8.05. The molecule has 1 aliphatic heterocycles. The normalized spacial score (nSPS) is 25.3. The first-order chi connectivity index (χ1) is 5.22. The van der Waals surface area contributed by atoms with Gasteiger partial charge in [-0.25, -0.2) is 0 Å². The molecule has 4 heteroatoms. The highest BCUT2D eigenvalue weighted by molar-refractivity contribution is 7.33. The highest BCUT2D eigenvalue weighted by Gasteiger charge is 2.32. The fourth-order valence-corrected chi connectivity index (χ4v) is 2.10. The van der Waals surface area contributed by atoms with Gasteiger partial charge in [0.2, 0.25) is 0 Å². The zero-order valence-electron chi connectivity index (χ0n) is 7.05. The van der Waals surface area contributed by atoms with Crippen molar-refractivity contribution in [1.82, 2.24) is 0 Å². The van der Waals surface area contributed by atoms with Crippen molar-refractivity contribution in [2.24, 2.45) is 5.41 Å². The second kappa shape index (κ2) is 3.70. The van der Waals surface area contributed by atoms with Crippen LogP contribution in [0.1, 0.15) is 26.7 Å². The first-order valence-electron chi connectivity index (χ1n) is 4.02. The van der Waals surface area contributed by atoms with Crippen molar-refractivity contribution in [3.63, 3.8) is 0 Å². The summed E-state index contributed by atoms with van der Waals surface area (Å²) in [6.07, 6.45) is 2.05. The molecule has 1 rings (SSSR count). The van der Waals surface area contributed by atoms with E-state index in [0.717, 1.165) is 12.8 Å². The Morgan fingerprint density at radius 2 is 1.73 bits per heavy atom. The predicted molar refractivity (Wildman–Crippen MR) is 43.9 cm³/mol. The van der Waals surface area contributed by atoms with E-state index in [4.69, 9.17) is 9.05 Å². The van der Waals surface area contributed by atoms with Gasteiger partial charge in [-0.3, -0.25) is 4.57 Å². The van der Waals surface area contributed by atoms with Crippen LogP contribution in [-0.2, 0) is 13.6 Å². The first-order valence-corrected chi connectivity index (χ1v) is 5.24. The molecule has 0 aromatic carbocycles. The molecule has 11 heavy (non-hydrogen) atoms. The lowest BCUT2D eigenvalue weighted by Gasteiger charge is -2.34. The van der Waals surface area contributed by atoms with Crippen molar-refractivity contribution in [3.8, 4) is 0 Å². The van der Waals surface area contributed by atoms with Crippen LogP contribution in [0.5, 0.6) is 0 Å². The molecule has 3 nitrogen and oxygen atoms in total. The van der Waals surface area contributed by atoms with E-state index in [1.807, 2.05) is 0 Å². The van der Waals surface area contributed by atoms with Crippen LogP contribution < -0.4 is 0 Å². The van der Waals surface area contributed by atoms with E-state index in [-0.39, 0.29) is 5.41 Å². The van der Waals surface area contributed by atoms with Gasteiger partial charge in [-0.15, -0.1) is 0 Å². The van der Waals surface area contributed by atoms with Crippen LogP contribution in [0.2, 0.25) is 0 Å². The molecule has 1 heterocycles. The minimum absolute atomic E-state index is 0.124. The maximum absolute atomic E-state index is 10.7. The van der Waals surface area contributed by atoms with E-state index in [0.29, 0.717) is 13.2 Å². The third-order valence-corrected chi connectivity index (χ3v) is 3.25. The van der Waals surface area contributed by atoms with Crippen molar-refractivity contribution < 1.29 is 13.6 Å². The molecule has 0 aromatic rings. The van der Waals surface area contributed by atoms with Crippen molar-refractivity contribution in [2.75, 3.05) is 13.2 Å². The molecule has 1 aliphatic rings. The fraction of sp³-hybridized carbons (Fsp3) is 1.00. The summed E-state index contributed by atoms with van der Waals surface area (Å²) in [4.78, 5) is 0. The van der Waals surface area contributed by atoms with Crippen molar-refractivity contribution >= 4 is 8.25 Å². The Morgan fingerprint density at radius 3 is 2.09 bits per heavy atom. The van der Waals surface area contributed by atoms with E-state index in [1.165, 1.54) is 0 Å². The van der Waals surface area contributed by atoms with Gasteiger partial charge in [-0.1, -0.05) is 13.8 Å². The third kappa shape index (κ3) is 2.05. The largest absolute Gasteiger partial charge is 0.319 e. The van der Waals surface area contributed by atoms with Gasteiger partial charge in [0.1, 0.15) is 0 Å². The molecule has 0 aliphatic carbocycles. The average molecular weight is 178 g/mol. The molecule has 0 radical (unpaired) electrons. The van der Waals surface area contributed by atoms with Gasteiger partial charge in [0.25, 0.3) is 0 Å². The van der Waals surface area contributed by atoms with Gasteiger partial charge in [-0.05, 0) is 12.8 Å². The van der Waals surface area contributed by atoms with E-state index in [9.17, 15) is 4.57 Å². The maximum Gasteiger partial charge on any atom is 0.319 e. The standard InChI is InChI=1S/C7H15O3P/c1-3-7(4-2)5-9-11(8)10-6-7/h11H,3-6H2,1-2H3. The lowest BCUT2D eigenvalue weighted by Crippen LogP contribution is -2.32. The van der Waals surface area contributed by atoms with Gasteiger partial charge in [0.15, 0.2) is 0 Å². The monoisotopic (exact) mass is 178 g/mol. The molecule has 0 N–H and O–H groups in total. The lowest BCUT2D eigenvalue weighted by atomic mass is 9.84. The summed E-state index contributed by atoms with van der Waals surface area (Å²) >= 11 is 0. The molecule has 0 bridgehead atoms. The van der Waals surface area contributed by atoms with Gasteiger partial charge >= 0.3 is 8.25 Å². The van der Waals surface area contributed by atoms with Crippen LogP contribution >= 0.6 is 8.25 Å². The summed E-state index contributed by atoms with van der Waals surface area (Å²) in [6, 6.07) is 0. The van der Waals surface area contributed by atoms with E-state index in [2.05, 4.69) is 13.8 Å². The molecule has 66 valence electrons. The molecular weight excluding hydrogens is 163 g/mol. The SMILES string of the molecule is CCC1(CC)CO[PH](=O)OC1. The summed E-state index contributed by atoms with van der Waals surface area (Å²) in [5.41, 5.74) is 0.124. The number of hydrogen-bond acceptors (Lipinski definition) is 3. The van der Waals surface area contributed by atoms with Crippen LogP contribution in [0, 0.1) is 5.41 Å². The highest BCUT2D eigenvalue weighted by Crippen LogP contribution is 2.40. The molecule has 0 saturated carbocycles. The zero-order chi connectivity index (χ0) is 8.32. The van der Waals surface area contributed by atoms with E-state index in [1.54, 1.807) is 0 Å². The molecule has 1 saturated heterocycles. The van der Waals surface area contributed by atoms with Crippen molar-refractivity contribution in [3.05, 3.63) is 0 Å². The van der Waals surface area contributed by atoms with Crippen molar-refractivity contribution in [2.45, 2.75) is 26.7 Å². The Bertz CT molecular complexity index is 142. The molecule has 0 unspecified atom stereocenters. The average Bonchev–Trinajstić information content (AvgIpc) is 2.07. The fourth-order valence-electron chi connectivity index (χ4n) is 1.17. The second-order valence-electron chi connectivity index (χ2n) is 3.03. The van der Waals surface area contributed by atoms with Crippen molar-refractivity contribution in [1.29, 1.82) is 0 Å². The number of rotatable bonds is 2. The molecule has 0 amide bonds. The Labute approximate surface area is 68.0 Å². The minimum Gasteiger partial charge on any atom is -0.310 e. The Hall–Kier alpha value is 0.150. The number of hydrogen-bond donors (Lipinski definition) is 0. The summed E-state index contributed by atoms with van der Waals surface area (Å²) < 4.78 is 20.7. The summed E-state index contributed by atoms with van der Waals surface area (Å²) in [6.45, 7) is 5.41. The topological polar surface area (TPSA) is 35.5 Å². The Kier molecular flexibility index (Phi) is 3.11. The molecule has 0 aromatic heterocycles. The highest BCUT2D eigenvalue weighted by atomic mass is 31.1. The molecular formula is C7H15O3P. The van der Waals surface area contributed by atoms with Crippen LogP contribution in [-0.4, -0.2) is 13.2 Å². The Balaban J connectivity index is 2.52. The summed E-state index contributed by atoms with van der Waals surface area (Å²) in [7, 11) is -2.13. The first kappa shape index (κ1) is 9.24. The van der Waals surface area contributed by atoms with E-state index < -0.39 is 8.25 Å². The minimum atomic E-state index is -2.13. The van der Waals surface area contributed by atoms with Crippen LogP contribution in [0.25, 0.3) is 0 Å². The van der Waals surface area contributed by atoms with Crippen LogP contribution in [0.3, 0.4) is 0 Å². The maximum atomic E-state index is 10.7. The van der Waals surface area contributed by atoms with Gasteiger partial charge < -0.3 is 9.05 Å². The van der Waals surface area contributed by atoms with Gasteiger partial charge in [0.05, 0.1) is 13.2 Å². The molecule has 0 spiro atoms. The predicted octanol–water partition coefficient (Wildman–Crippen LogP) is 2.23. The van der Waals surface area contributed by atoms with Crippen LogP contribution in [0.15, 0.2) is 0 Å². The quantitative estimate of drug-likeness (QED) is 0.608. The molecule has 0 atom stereocenters. The molecule has 1 fully saturated rings. The summed E-state index contributed by atoms with van der Waals surface area (Å²) in [5, 5.41) is 0. The van der Waals surface area contributed by atoms with Crippen LogP contribution in [0.4, 0.5) is 0 Å². The Morgan fingerprint density at radius 1 is 1.27 bits per heavy atom.